The molecule has 1 amide bonds. The van der Waals surface area contributed by atoms with Crippen LogP contribution < -0.4 is 16.4 Å². The molecule has 0 atom stereocenters. The van der Waals surface area contributed by atoms with Crippen LogP contribution in [0.25, 0.3) is 0 Å². The molecule has 1 aliphatic rings. The lowest BCUT2D eigenvalue weighted by molar-refractivity contribution is 0.0964. The van der Waals surface area contributed by atoms with Crippen molar-refractivity contribution < 1.29 is 9.59 Å². The maximum absolute atomic E-state index is 12.1. The molecule has 0 aromatic carbocycles. The van der Waals surface area contributed by atoms with Gasteiger partial charge in [-0.05, 0) is 12.8 Å². The lowest BCUT2D eigenvalue weighted by Gasteiger charge is -2.23. The molecule has 0 spiro atoms. The lowest BCUT2D eigenvalue weighted by Crippen LogP contribution is -2.25. The Labute approximate surface area is 129 Å². The van der Waals surface area contributed by atoms with Crippen LogP contribution in [0.2, 0.25) is 0 Å². The molecular weight excluding hydrogens is 286 g/mol. The van der Waals surface area contributed by atoms with Crippen molar-refractivity contribution in [2.75, 3.05) is 18.1 Å². The van der Waals surface area contributed by atoms with Gasteiger partial charge in [0.2, 0.25) is 0 Å². The van der Waals surface area contributed by atoms with Crippen LogP contribution in [-0.2, 0) is 0 Å². The van der Waals surface area contributed by atoms with E-state index >= 15 is 0 Å². The summed E-state index contributed by atoms with van der Waals surface area (Å²) in [7, 11) is 1.57. The number of Topliss-reactive ketones (excluding diaryl/α,β-unsaturated/α-hetero) is 1. The highest BCUT2D eigenvalue weighted by Gasteiger charge is 2.26. The van der Waals surface area contributed by atoms with E-state index in [2.05, 4.69) is 10.6 Å². The largest absolute Gasteiger partial charge is 0.397 e. The van der Waals surface area contributed by atoms with Gasteiger partial charge in [-0.1, -0.05) is 26.2 Å². The fourth-order valence-electron chi connectivity index (χ4n) is 2.70. The van der Waals surface area contributed by atoms with Crippen LogP contribution in [0.3, 0.4) is 0 Å². The number of hydrogen-bond acceptors (Lipinski definition) is 5. The Morgan fingerprint density at radius 2 is 1.95 bits per heavy atom. The Morgan fingerprint density at radius 3 is 2.52 bits per heavy atom. The molecule has 0 saturated heterocycles. The van der Waals surface area contributed by atoms with Gasteiger partial charge in [-0.15, -0.1) is 11.3 Å². The van der Waals surface area contributed by atoms with E-state index in [1.165, 1.54) is 30.6 Å². The van der Waals surface area contributed by atoms with Crippen molar-refractivity contribution in [2.24, 2.45) is 0 Å². The van der Waals surface area contributed by atoms with E-state index in [9.17, 15) is 9.59 Å². The number of carbonyl (C=O) groups is 2. The van der Waals surface area contributed by atoms with Crippen molar-refractivity contribution in [2.45, 2.75) is 51.5 Å². The Bertz CT molecular complexity index is 533. The Kier molecular flexibility index (Phi) is 5.22. The summed E-state index contributed by atoms with van der Waals surface area (Å²) in [5, 5.41) is 6.77. The third kappa shape index (κ3) is 3.37. The van der Waals surface area contributed by atoms with Crippen molar-refractivity contribution >= 4 is 33.7 Å². The highest BCUT2D eigenvalue weighted by Crippen LogP contribution is 2.38. The van der Waals surface area contributed by atoms with Crippen LogP contribution in [0.15, 0.2) is 0 Å². The Hall–Kier alpha value is -1.56. The molecule has 116 valence electrons. The third-order valence-electron chi connectivity index (χ3n) is 3.91. The number of ketones is 1. The summed E-state index contributed by atoms with van der Waals surface area (Å²) < 4.78 is 0. The minimum Gasteiger partial charge on any atom is -0.397 e. The lowest BCUT2D eigenvalue weighted by atomic mass is 9.95. The summed E-state index contributed by atoms with van der Waals surface area (Å²) in [4.78, 5) is 24.6. The van der Waals surface area contributed by atoms with Gasteiger partial charge < -0.3 is 16.4 Å². The molecule has 1 saturated carbocycles. The molecule has 2 rings (SSSR count). The Morgan fingerprint density at radius 1 is 1.29 bits per heavy atom. The smallest absolute Gasteiger partial charge is 0.256 e. The van der Waals surface area contributed by atoms with E-state index < -0.39 is 0 Å². The minimum atomic E-state index is -0.239. The second kappa shape index (κ2) is 6.93. The van der Waals surface area contributed by atoms with Crippen molar-refractivity contribution in [3.05, 3.63) is 10.4 Å². The molecule has 1 aromatic rings. The number of carbonyl (C=O) groups excluding carboxylic acids is 2. The zero-order valence-electron chi connectivity index (χ0n) is 12.6. The van der Waals surface area contributed by atoms with E-state index in [1.54, 1.807) is 14.0 Å². The van der Waals surface area contributed by atoms with Crippen molar-refractivity contribution in [1.82, 2.24) is 5.32 Å². The average Bonchev–Trinajstić information content (AvgIpc) is 2.83. The molecule has 1 aromatic heterocycles. The second-order valence-electron chi connectivity index (χ2n) is 5.38. The molecule has 0 unspecified atom stereocenters. The summed E-state index contributed by atoms with van der Waals surface area (Å²) in [6.45, 7) is 1.80. The highest BCUT2D eigenvalue weighted by molar-refractivity contribution is 7.19. The van der Waals surface area contributed by atoms with E-state index in [1.807, 2.05) is 0 Å². The molecule has 0 radical (unpaired) electrons. The van der Waals surface area contributed by atoms with Crippen LogP contribution in [0, 0.1) is 0 Å². The second-order valence-corrected chi connectivity index (χ2v) is 6.40. The van der Waals surface area contributed by atoms with Crippen LogP contribution in [0.5, 0.6) is 0 Å². The van der Waals surface area contributed by atoms with Gasteiger partial charge in [-0.2, -0.15) is 0 Å². The number of nitrogen functional groups attached to an aromatic ring is 1. The summed E-state index contributed by atoms with van der Waals surface area (Å²) in [5.41, 5.74) is 6.78. The Balaban J connectivity index is 2.33. The van der Waals surface area contributed by atoms with E-state index in [0.717, 1.165) is 17.8 Å². The van der Waals surface area contributed by atoms with Gasteiger partial charge in [-0.3, -0.25) is 9.59 Å². The monoisotopic (exact) mass is 309 g/mol. The van der Waals surface area contributed by atoms with Gasteiger partial charge in [0.1, 0.15) is 5.00 Å². The number of nitrogens with two attached hydrogens (primary N) is 1. The summed E-state index contributed by atoms with van der Waals surface area (Å²) in [6, 6.07) is 0.366. The number of nitrogens with one attached hydrogen (secondary N) is 2. The number of amides is 1. The zero-order valence-corrected chi connectivity index (χ0v) is 13.4. The predicted molar refractivity (Wildman–Crippen MR) is 87.2 cm³/mol. The average molecular weight is 309 g/mol. The third-order valence-corrected chi connectivity index (χ3v) is 5.09. The topological polar surface area (TPSA) is 84.2 Å². The normalized spacial score (nSPS) is 15.7. The van der Waals surface area contributed by atoms with Crippen LogP contribution in [-0.4, -0.2) is 24.8 Å². The van der Waals surface area contributed by atoms with E-state index in [0.29, 0.717) is 28.6 Å². The standard InChI is InChI=1S/C15H23N3O2S/c1-3-10(19)13-12(16)11(14(20)17-2)15(21-13)18-9-7-5-4-6-8-9/h9,18H,3-8,16H2,1-2H3,(H,17,20). The molecule has 5 nitrogen and oxygen atoms in total. The summed E-state index contributed by atoms with van der Waals surface area (Å²) in [5.74, 6) is -0.253. The molecule has 1 heterocycles. The quantitative estimate of drug-likeness (QED) is 0.730. The fraction of sp³-hybridized carbons (Fsp3) is 0.600. The van der Waals surface area contributed by atoms with Gasteiger partial charge >= 0.3 is 0 Å². The number of hydrogen-bond donors (Lipinski definition) is 3. The molecule has 1 fully saturated rings. The van der Waals surface area contributed by atoms with Crippen molar-refractivity contribution in [3.63, 3.8) is 0 Å². The van der Waals surface area contributed by atoms with Crippen LogP contribution >= 0.6 is 11.3 Å². The van der Waals surface area contributed by atoms with Crippen LogP contribution in [0.1, 0.15) is 65.5 Å². The number of thiophene rings is 1. The highest BCUT2D eigenvalue weighted by atomic mass is 32.1. The first-order chi connectivity index (χ1) is 10.1. The predicted octanol–water partition coefficient (Wildman–Crippen LogP) is 3.03. The molecule has 0 aliphatic heterocycles. The van der Waals surface area contributed by atoms with Gasteiger partial charge in [0.15, 0.2) is 5.78 Å². The first-order valence-corrected chi connectivity index (χ1v) is 8.34. The summed E-state index contributed by atoms with van der Waals surface area (Å²) in [6.07, 6.45) is 6.26. The minimum absolute atomic E-state index is 0.0145. The summed E-state index contributed by atoms with van der Waals surface area (Å²) >= 11 is 1.31. The first-order valence-electron chi connectivity index (χ1n) is 7.52. The maximum Gasteiger partial charge on any atom is 0.256 e. The molecular formula is C15H23N3O2S. The van der Waals surface area contributed by atoms with E-state index in [4.69, 9.17) is 5.73 Å². The fourth-order valence-corrected chi connectivity index (χ4v) is 3.90. The van der Waals surface area contributed by atoms with E-state index in [-0.39, 0.29) is 11.7 Å². The number of anilines is 2. The van der Waals surface area contributed by atoms with Gasteiger partial charge in [-0.25, -0.2) is 0 Å². The van der Waals surface area contributed by atoms with Crippen molar-refractivity contribution in [1.29, 1.82) is 0 Å². The molecule has 0 bridgehead atoms. The molecule has 6 heteroatoms. The maximum atomic E-state index is 12.1. The molecule has 21 heavy (non-hydrogen) atoms. The molecule has 1 aliphatic carbocycles. The van der Waals surface area contributed by atoms with Crippen LogP contribution in [0.4, 0.5) is 10.7 Å². The first kappa shape index (κ1) is 15.8. The molecule has 4 N–H and O–H groups in total. The van der Waals surface area contributed by atoms with Crippen molar-refractivity contribution in [3.8, 4) is 0 Å². The van der Waals surface area contributed by atoms with Gasteiger partial charge in [0, 0.05) is 19.5 Å². The van der Waals surface area contributed by atoms with Gasteiger partial charge in [0.25, 0.3) is 5.91 Å². The number of rotatable bonds is 5. The zero-order chi connectivity index (χ0) is 15.4. The van der Waals surface area contributed by atoms with Gasteiger partial charge in [0.05, 0.1) is 16.1 Å². The SMILES string of the molecule is CCC(=O)c1sc(NC2CCCCC2)c(C(=O)NC)c1N.